The largest absolute Gasteiger partial charge is 0.389 e. The second kappa shape index (κ2) is 8.01. The molecule has 1 aromatic rings. The Balaban J connectivity index is 1.61. The van der Waals surface area contributed by atoms with E-state index in [1.54, 1.807) is 0 Å². The molecule has 1 N–H and O–H groups in total. The lowest BCUT2D eigenvalue weighted by Crippen LogP contribution is -2.40. The van der Waals surface area contributed by atoms with Gasteiger partial charge in [0.15, 0.2) is 0 Å². The van der Waals surface area contributed by atoms with Gasteiger partial charge >= 0.3 is 0 Å². The number of benzene rings is 1. The van der Waals surface area contributed by atoms with E-state index >= 15 is 0 Å². The first-order chi connectivity index (χ1) is 9.78. The number of nitriles is 1. The molecule has 1 aromatic carbocycles. The highest BCUT2D eigenvalue weighted by Gasteiger charge is 2.20. The Morgan fingerprint density at radius 2 is 2.00 bits per heavy atom. The van der Waals surface area contributed by atoms with E-state index in [1.807, 2.05) is 30.3 Å². The predicted octanol–water partition coefficient (Wildman–Crippen LogP) is 1.80. The Labute approximate surface area is 120 Å². The van der Waals surface area contributed by atoms with Crippen LogP contribution in [-0.4, -0.2) is 42.4 Å². The summed E-state index contributed by atoms with van der Waals surface area (Å²) in [5.41, 5.74) is 1.12. The Bertz CT molecular complexity index is 422. The molecule has 108 valence electrons. The Kier molecular flexibility index (Phi) is 6.00. The fourth-order valence-corrected chi connectivity index (χ4v) is 2.48. The van der Waals surface area contributed by atoms with Crippen LogP contribution in [0.3, 0.4) is 0 Å². The van der Waals surface area contributed by atoms with Crippen molar-refractivity contribution in [3.8, 4) is 6.07 Å². The molecule has 1 fully saturated rings. The van der Waals surface area contributed by atoms with E-state index in [1.165, 1.54) is 0 Å². The van der Waals surface area contributed by atoms with Crippen LogP contribution in [0.1, 0.15) is 18.4 Å². The van der Waals surface area contributed by atoms with Crippen molar-refractivity contribution in [2.24, 2.45) is 5.92 Å². The molecular weight excluding hydrogens is 252 g/mol. The maximum atomic E-state index is 9.97. The summed E-state index contributed by atoms with van der Waals surface area (Å²) in [5, 5.41) is 18.8. The molecule has 1 saturated heterocycles. The number of aliphatic hydroxyl groups is 1. The number of likely N-dealkylation sites (tertiary alicyclic amines) is 1. The Morgan fingerprint density at radius 3 is 2.65 bits per heavy atom. The van der Waals surface area contributed by atoms with Crippen molar-refractivity contribution in [2.75, 3.05) is 26.2 Å². The lowest BCUT2D eigenvalue weighted by molar-refractivity contribution is 0.00575. The fraction of sp³-hybridized carbons (Fsp3) is 0.562. The zero-order valence-electron chi connectivity index (χ0n) is 11.7. The highest BCUT2D eigenvalue weighted by molar-refractivity contribution is 5.13. The summed E-state index contributed by atoms with van der Waals surface area (Å²) in [4.78, 5) is 2.21. The molecule has 0 radical (unpaired) electrons. The van der Waals surface area contributed by atoms with Crippen molar-refractivity contribution in [3.63, 3.8) is 0 Å². The van der Waals surface area contributed by atoms with Gasteiger partial charge in [0.05, 0.1) is 25.4 Å². The summed E-state index contributed by atoms with van der Waals surface area (Å²) in [7, 11) is 0. The van der Waals surface area contributed by atoms with Crippen LogP contribution < -0.4 is 0 Å². The maximum absolute atomic E-state index is 9.97. The van der Waals surface area contributed by atoms with Gasteiger partial charge in [-0.2, -0.15) is 5.26 Å². The first-order valence-corrected chi connectivity index (χ1v) is 7.19. The van der Waals surface area contributed by atoms with Gasteiger partial charge in [-0.05, 0) is 31.5 Å². The second-order valence-electron chi connectivity index (χ2n) is 5.36. The van der Waals surface area contributed by atoms with Crippen LogP contribution in [0.2, 0.25) is 0 Å². The van der Waals surface area contributed by atoms with E-state index in [4.69, 9.17) is 10.00 Å². The van der Waals surface area contributed by atoms with Gasteiger partial charge in [0.1, 0.15) is 0 Å². The number of nitrogens with zero attached hydrogens (tertiary/aromatic N) is 2. The van der Waals surface area contributed by atoms with Crippen molar-refractivity contribution in [3.05, 3.63) is 35.9 Å². The lowest BCUT2D eigenvalue weighted by Gasteiger charge is -2.30. The van der Waals surface area contributed by atoms with Gasteiger partial charge in [0.25, 0.3) is 0 Å². The normalized spacial score (nSPS) is 18.6. The molecule has 0 aromatic heterocycles. The third kappa shape index (κ3) is 4.93. The summed E-state index contributed by atoms with van der Waals surface area (Å²) in [6.45, 7) is 3.32. The zero-order valence-corrected chi connectivity index (χ0v) is 11.7. The molecule has 1 aliphatic heterocycles. The lowest BCUT2D eigenvalue weighted by atomic mass is 9.98. The number of rotatable bonds is 6. The molecule has 4 nitrogen and oxygen atoms in total. The quantitative estimate of drug-likeness (QED) is 0.859. The first-order valence-electron chi connectivity index (χ1n) is 7.19. The number of ether oxygens (including phenoxy) is 1. The average molecular weight is 274 g/mol. The van der Waals surface area contributed by atoms with Crippen molar-refractivity contribution in [1.82, 2.24) is 4.90 Å². The van der Waals surface area contributed by atoms with Crippen LogP contribution in [0.5, 0.6) is 0 Å². The number of β-amino-alcohol motifs (C(OH)–C–C–N with tert-alkyl or cyclic N) is 1. The van der Waals surface area contributed by atoms with E-state index in [2.05, 4.69) is 11.0 Å². The predicted molar refractivity (Wildman–Crippen MR) is 76.9 cm³/mol. The summed E-state index contributed by atoms with van der Waals surface area (Å²) in [6, 6.07) is 12.3. The van der Waals surface area contributed by atoms with Crippen LogP contribution in [0.15, 0.2) is 30.3 Å². The number of aliphatic hydroxyl groups excluding tert-OH is 1. The van der Waals surface area contributed by atoms with E-state index in [9.17, 15) is 5.11 Å². The van der Waals surface area contributed by atoms with Gasteiger partial charge in [-0.25, -0.2) is 0 Å². The van der Waals surface area contributed by atoms with Crippen LogP contribution in [-0.2, 0) is 11.3 Å². The molecule has 0 aliphatic carbocycles. The molecule has 4 heteroatoms. The highest BCUT2D eigenvalue weighted by atomic mass is 16.5. The molecule has 1 atom stereocenters. The molecule has 1 aliphatic rings. The van der Waals surface area contributed by atoms with Crippen LogP contribution in [0.4, 0.5) is 0 Å². The molecule has 0 saturated carbocycles. The standard InChI is InChI=1S/C16H22N2O2/c17-10-14-6-8-18(9-7-14)11-16(19)13-20-12-15-4-2-1-3-5-15/h1-5,14,16,19H,6-9,11-13H2. The summed E-state index contributed by atoms with van der Waals surface area (Å²) >= 11 is 0. The van der Waals surface area contributed by atoms with Gasteiger partial charge in [0.2, 0.25) is 0 Å². The van der Waals surface area contributed by atoms with E-state index in [0.29, 0.717) is 19.8 Å². The molecule has 1 heterocycles. The van der Waals surface area contributed by atoms with Crippen LogP contribution in [0.25, 0.3) is 0 Å². The highest BCUT2D eigenvalue weighted by Crippen LogP contribution is 2.16. The van der Waals surface area contributed by atoms with Crippen LogP contribution in [0, 0.1) is 17.2 Å². The van der Waals surface area contributed by atoms with Crippen molar-refractivity contribution < 1.29 is 9.84 Å². The van der Waals surface area contributed by atoms with Gasteiger partial charge in [-0.3, -0.25) is 0 Å². The maximum Gasteiger partial charge on any atom is 0.0900 e. The SMILES string of the molecule is N#CC1CCN(CC(O)COCc2ccccc2)CC1. The summed E-state index contributed by atoms with van der Waals surface area (Å²) in [5.74, 6) is 0.192. The van der Waals surface area contributed by atoms with Crippen molar-refractivity contribution in [1.29, 1.82) is 5.26 Å². The molecule has 1 unspecified atom stereocenters. The molecule has 0 bridgehead atoms. The Morgan fingerprint density at radius 1 is 1.30 bits per heavy atom. The van der Waals surface area contributed by atoms with Gasteiger partial charge in [0, 0.05) is 12.5 Å². The number of hydrogen-bond donors (Lipinski definition) is 1. The molecule has 0 amide bonds. The average Bonchev–Trinajstić information content (AvgIpc) is 2.49. The van der Waals surface area contributed by atoms with Gasteiger partial charge in [-0.15, -0.1) is 0 Å². The molecule has 2 rings (SSSR count). The molecule has 0 spiro atoms. The summed E-state index contributed by atoms with van der Waals surface area (Å²) < 4.78 is 5.54. The van der Waals surface area contributed by atoms with Gasteiger partial charge < -0.3 is 14.7 Å². The number of hydrogen-bond acceptors (Lipinski definition) is 4. The fourth-order valence-electron chi connectivity index (χ4n) is 2.48. The van der Waals surface area contributed by atoms with Crippen molar-refractivity contribution >= 4 is 0 Å². The Hall–Kier alpha value is -1.41. The third-order valence-electron chi connectivity index (χ3n) is 3.66. The topological polar surface area (TPSA) is 56.5 Å². The van der Waals surface area contributed by atoms with E-state index < -0.39 is 6.10 Å². The van der Waals surface area contributed by atoms with E-state index in [-0.39, 0.29) is 5.92 Å². The minimum Gasteiger partial charge on any atom is -0.389 e. The molecular formula is C16H22N2O2. The summed E-state index contributed by atoms with van der Waals surface area (Å²) in [6.07, 6.45) is 1.36. The smallest absolute Gasteiger partial charge is 0.0900 e. The molecule has 20 heavy (non-hydrogen) atoms. The van der Waals surface area contributed by atoms with Gasteiger partial charge in [-0.1, -0.05) is 30.3 Å². The zero-order chi connectivity index (χ0) is 14.2. The number of piperidine rings is 1. The first kappa shape index (κ1) is 15.0. The minimum atomic E-state index is -0.461. The second-order valence-corrected chi connectivity index (χ2v) is 5.36. The minimum absolute atomic E-state index is 0.192. The third-order valence-corrected chi connectivity index (χ3v) is 3.66. The monoisotopic (exact) mass is 274 g/mol. The van der Waals surface area contributed by atoms with Crippen molar-refractivity contribution in [2.45, 2.75) is 25.6 Å². The van der Waals surface area contributed by atoms with E-state index in [0.717, 1.165) is 31.5 Å². The van der Waals surface area contributed by atoms with Crippen LogP contribution >= 0.6 is 0 Å².